The molecular formula is C18H15N5OS. The van der Waals surface area contributed by atoms with Crippen LogP contribution in [0.4, 0.5) is 0 Å². The molecule has 0 spiro atoms. The number of hydrogen-bond donors (Lipinski definition) is 1. The first-order chi connectivity index (χ1) is 12.3. The van der Waals surface area contributed by atoms with Crippen molar-refractivity contribution in [3.8, 4) is 0 Å². The summed E-state index contributed by atoms with van der Waals surface area (Å²) in [5, 5.41) is 11.3. The summed E-state index contributed by atoms with van der Waals surface area (Å²) in [6.45, 7) is 3.71. The first-order valence-corrected chi connectivity index (χ1v) is 8.76. The normalized spacial score (nSPS) is 18.5. The summed E-state index contributed by atoms with van der Waals surface area (Å²) in [7, 11) is 0. The zero-order chi connectivity index (χ0) is 17.2. The molecule has 2 aliphatic rings. The summed E-state index contributed by atoms with van der Waals surface area (Å²) in [6.07, 6.45) is 4.80. The minimum atomic E-state index is -0.404. The largest absolute Gasteiger partial charge is 0.298 e. The van der Waals surface area contributed by atoms with Crippen LogP contribution < -0.4 is 15.9 Å². The van der Waals surface area contributed by atoms with Crippen LogP contribution in [-0.2, 0) is 4.79 Å². The molecule has 4 rings (SSSR count). The fourth-order valence-corrected chi connectivity index (χ4v) is 3.37. The van der Waals surface area contributed by atoms with E-state index in [-0.39, 0.29) is 5.91 Å². The maximum absolute atomic E-state index is 12.8. The van der Waals surface area contributed by atoms with Crippen molar-refractivity contribution < 1.29 is 4.79 Å². The lowest BCUT2D eigenvalue weighted by Crippen LogP contribution is -2.50. The number of nitrogens with one attached hydrogen (secondary N) is 1. The van der Waals surface area contributed by atoms with E-state index in [9.17, 15) is 4.79 Å². The van der Waals surface area contributed by atoms with Crippen molar-refractivity contribution >= 4 is 28.5 Å². The minimum Gasteiger partial charge on any atom is -0.298 e. The van der Waals surface area contributed by atoms with Gasteiger partial charge in [-0.15, -0.1) is 11.7 Å². The molecule has 0 unspecified atom stereocenters. The van der Waals surface area contributed by atoms with Crippen LogP contribution in [0, 0.1) is 0 Å². The van der Waals surface area contributed by atoms with Crippen LogP contribution in [0.25, 0.3) is 5.70 Å². The Hall–Kier alpha value is -2.93. The zero-order valence-electron chi connectivity index (χ0n) is 13.3. The number of amidine groups is 1. The van der Waals surface area contributed by atoms with E-state index in [0.29, 0.717) is 16.6 Å². The highest BCUT2D eigenvalue weighted by atomic mass is 32.2. The van der Waals surface area contributed by atoms with Crippen molar-refractivity contribution in [2.75, 3.05) is 5.75 Å². The molecular weight excluding hydrogens is 334 g/mol. The predicted octanol–water partition coefficient (Wildman–Crippen LogP) is 1.14. The SMILES string of the molecule is C=CCSC1=NN2C(=c3ccccc3=N[C@H]2c2ccncc2)C(=O)N1. The Kier molecular flexibility index (Phi) is 4.07. The summed E-state index contributed by atoms with van der Waals surface area (Å²) in [4.78, 5) is 21.6. The number of amides is 1. The Morgan fingerprint density at radius 3 is 2.84 bits per heavy atom. The topological polar surface area (TPSA) is 70.0 Å². The van der Waals surface area contributed by atoms with Gasteiger partial charge >= 0.3 is 0 Å². The third-order valence-corrected chi connectivity index (χ3v) is 4.72. The van der Waals surface area contributed by atoms with Gasteiger partial charge in [0.2, 0.25) is 0 Å². The Balaban J connectivity index is 1.91. The molecule has 2 aromatic rings. The predicted molar refractivity (Wildman–Crippen MR) is 97.7 cm³/mol. The van der Waals surface area contributed by atoms with E-state index in [4.69, 9.17) is 4.99 Å². The number of rotatable bonds is 3. The van der Waals surface area contributed by atoms with E-state index in [1.807, 2.05) is 36.4 Å². The molecule has 25 heavy (non-hydrogen) atoms. The molecule has 1 amide bonds. The van der Waals surface area contributed by atoms with E-state index < -0.39 is 6.17 Å². The maximum atomic E-state index is 12.8. The van der Waals surface area contributed by atoms with Crippen molar-refractivity contribution in [3.63, 3.8) is 0 Å². The summed E-state index contributed by atoms with van der Waals surface area (Å²) in [6, 6.07) is 11.4. The third-order valence-electron chi connectivity index (χ3n) is 3.86. The lowest BCUT2D eigenvalue weighted by molar-refractivity contribution is -0.116. The van der Waals surface area contributed by atoms with Gasteiger partial charge in [0.15, 0.2) is 11.3 Å². The number of carbonyl (C=O) groups is 1. The Morgan fingerprint density at radius 2 is 2.04 bits per heavy atom. The van der Waals surface area contributed by atoms with E-state index in [1.165, 1.54) is 11.8 Å². The highest BCUT2D eigenvalue weighted by Gasteiger charge is 2.34. The quantitative estimate of drug-likeness (QED) is 0.844. The van der Waals surface area contributed by atoms with Crippen molar-refractivity contribution in [2.24, 2.45) is 10.1 Å². The van der Waals surface area contributed by atoms with Gasteiger partial charge in [-0.3, -0.25) is 20.1 Å². The van der Waals surface area contributed by atoms with Gasteiger partial charge in [0.05, 0.1) is 5.36 Å². The molecule has 3 heterocycles. The molecule has 2 aliphatic heterocycles. The molecule has 1 aromatic carbocycles. The second-order valence-electron chi connectivity index (χ2n) is 5.45. The zero-order valence-corrected chi connectivity index (χ0v) is 14.1. The van der Waals surface area contributed by atoms with E-state index in [0.717, 1.165) is 16.1 Å². The molecule has 1 atom stereocenters. The van der Waals surface area contributed by atoms with Gasteiger partial charge in [0, 0.05) is 28.9 Å². The number of carbonyl (C=O) groups excluding carboxylic acids is 1. The third kappa shape index (κ3) is 2.83. The standard InChI is InChI=1S/C18H15N5OS/c1-2-11-25-18-21-17(24)15-13-5-3-4-6-14(13)20-16(23(15)22-18)12-7-9-19-10-8-12/h2-10,16H,1,11H2,(H,21,22,24)/t16-/m1/s1. The fraction of sp³-hybridized carbons (Fsp3) is 0.111. The van der Waals surface area contributed by atoms with Gasteiger partial charge in [-0.2, -0.15) is 0 Å². The second-order valence-corrected chi connectivity index (χ2v) is 6.46. The molecule has 124 valence electrons. The first-order valence-electron chi connectivity index (χ1n) is 7.78. The molecule has 0 bridgehead atoms. The highest BCUT2D eigenvalue weighted by Crippen LogP contribution is 2.30. The van der Waals surface area contributed by atoms with E-state index in [2.05, 4.69) is 22.0 Å². The maximum Gasteiger partial charge on any atom is 0.276 e. The molecule has 0 radical (unpaired) electrons. The van der Waals surface area contributed by atoms with E-state index >= 15 is 0 Å². The molecule has 6 nitrogen and oxygen atoms in total. The van der Waals surface area contributed by atoms with Gasteiger partial charge in [-0.05, 0) is 18.2 Å². The summed E-state index contributed by atoms with van der Waals surface area (Å²) in [5.41, 5.74) is 1.43. The molecule has 1 N–H and O–H groups in total. The van der Waals surface area contributed by atoms with E-state index in [1.54, 1.807) is 23.5 Å². The van der Waals surface area contributed by atoms with Gasteiger partial charge in [0.1, 0.15) is 5.70 Å². The number of hydrogen-bond acceptors (Lipinski definition) is 6. The van der Waals surface area contributed by atoms with Gasteiger partial charge in [0.25, 0.3) is 5.91 Å². The van der Waals surface area contributed by atoms with Gasteiger partial charge < -0.3 is 0 Å². The lowest BCUT2D eigenvalue weighted by atomic mass is 10.1. The first kappa shape index (κ1) is 15.6. The number of fused-ring (bicyclic) bond motifs is 2. The number of para-hydroxylation sites is 1. The number of nitrogens with zero attached hydrogens (tertiary/aromatic N) is 4. The second kappa shape index (κ2) is 6.52. The summed E-state index contributed by atoms with van der Waals surface area (Å²) < 4.78 is 0. The smallest absolute Gasteiger partial charge is 0.276 e. The van der Waals surface area contributed by atoms with Crippen molar-refractivity contribution in [2.45, 2.75) is 6.17 Å². The monoisotopic (exact) mass is 349 g/mol. The fourth-order valence-electron chi connectivity index (χ4n) is 2.78. The van der Waals surface area contributed by atoms with Crippen LogP contribution in [0.15, 0.2) is 71.5 Å². The van der Waals surface area contributed by atoms with Crippen LogP contribution in [-0.4, -0.2) is 26.8 Å². The Bertz CT molecular complexity index is 986. The lowest BCUT2D eigenvalue weighted by Gasteiger charge is -2.33. The molecule has 0 aliphatic carbocycles. The van der Waals surface area contributed by atoms with Crippen LogP contribution in [0.3, 0.4) is 0 Å². The number of thioether (sulfide) groups is 1. The minimum absolute atomic E-state index is 0.178. The average molecular weight is 349 g/mol. The number of benzene rings is 1. The van der Waals surface area contributed by atoms with Crippen molar-refractivity contribution in [1.29, 1.82) is 0 Å². The molecule has 0 fully saturated rings. The van der Waals surface area contributed by atoms with Crippen LogP contribution >= 0.6 is 11.8 Å². The Labute approximate surface area is 148 Å². The van der Waals surface area contributed by atoms with Gasteiger partial charge in [-0.1, -0.05) is 36.0 Å². The molecule has 0 saturated heterocycles. The highest BCUT2D eigenvalue weighted by molar-refractivity contribution is 8.14. The summed E-state index contributed by atoms with van der Waals surface area (Å²) in [5.74, 6) is 0.485. The molecule has 0 saturated carbocycles. The Morgan fingerprint density at radius 1 is 1.24 bits per heavy atom. The summed E-state index contributed by atoms with van der Waals surface area (Å²) >= 11 is 1.43. The van der Waals surface area contributed by atoms with Crippen molar-refractivity contribution in [3.05, 3.63) is 77.6 Å². The molecule has 7 heteroatoms. The number of pyridine rings is 1. The van der Waals surface area contributed by atoms with Crippen LogP contribution in [0.1, 0.15) is 11.7 Å². The number of hydrazone groups is 1. The number of aromatic nitrogens is 1. The molecule has 1 aromatic heterocycles. The van der Waals surface area contributed by atoms with Crippen molar-refractivity contribution in [1.82, 2.24) is 15.3 Å². The van der Waals surface area contributed by atoms with Gasteiger partial charge in [-0.25, -0.2) is 5.01 Å². The van der Waals surface area contributed by atoms with Crippen LogP contribution in [0.2, 0.25) is 0 Å². The van der Waals surface area contributed by atoms with Crippen LogP contribution in [0.5, 0.6) is 0 Å². The average Bonchev–Trinajstić information content (AvgIpc) is 2.66.